The van der Waals surface area contributed by atoms with Gasteiger partial charge < -0.3 is 15.2 Å². The molecule has 1 aliphatic rings. The first kappa shape index (κ1) is 23.2. The minimum absolute atomic E-state index is 0.0840. The second-order valence-electron chi connectivity index (χ2n) is 8.83. The number of aromatic nitrogens is 7. The van der Waals surface area contributed by atoms with Crippen molar-refractivity contribution in [3.63, 3.8) is 0 Å². The van der Waals surface area contributed by atoms with E-state index in [1.54, 1.807) is 10.6 Å². The molecule has 0 spiro atoms. The molecule has 190 valence electrons. The number of halogens is 4. The van der Waals surface area contributed by atoms with Gasteiger partial charge in [-0.05, 0) is 31.2 Å². The van der Waals surface area contributed by atoms with Crippen LogP contribution < -0.4 is 5.32 Å². The number of alkyl halides is 2. The zero-order valence-electron chi connectivity index (χ0n) is 19.6. The van der Waals surface area contributed by atoms with Gasteiger partial charge >= 0.3 is 6.55 Å². The fraction of sp³-hybridized carbons (Fsp3) is 0.250. The van der Waals surface area contributed by atoms with Crippen LogP contribution in [0.15, 0.2) is 43.0 Å². The van der Waals surface area contributed by atoms with E-state index in [0.29, 0.717) is 44.4 Å². The predicted molar refractivity (Wildman–Crippen MR) is 129 cm³/mol. The Balaban J connectivity index is 1.40. The number of aromatic amines is 1. The number of rotatable bonds is 6. The number of hydrogen-bond donors (Lipinski definition) is 2. The van der Waals surface area contributed by atoms with E-state index in [0.717, 1.165) is 31.1 Å². The minimum atomic E-state index is -2.76. The van der Waals surface area contributed by atoms with Crippen molar-refractivity contribution < 1.29 is 17.6 Å². The van der Waals surface area contributed by atoms with Gasteiger partial charge in [-0.25, -0.2) is 28.4 Å². The molecule has 4 aromatic heterocycles. The number of likely N-dealkylation sites (N-methyl/N-ethyl adjacent to an activating group) is 1. The first-order chi connectivity index (χ1) is 17.9. The van der Waals surface area contributed by atoms with E-state index in [9.17, 15) is 17.6 Å². The molecular formula is C24H21F4N9. The molecule has 0 unspecified atom stereocenters. The van der Waals surface area contributed by atoms with Crippen molar-refractivity contribution >= 4 is 28.1 Å². The molecule has 6 rings (SSSR count). The van der Waals surface area contributed by atoms with Crippen LogP contribution in [0.2, 0.25) is 0 Å². The second-order valence-corrected chi connectivity index (χ2v) is 8.83. The Morgan fingerprint density at radius 1 is 1.14 bits per heavy atom. The number of nitrogens with one attached hydrogen (secondary N) is 2. The molecule has 9 nitrogen and oxygen atoms in total. The van der Waals surface area contributed by atoms with E-state index in [1.165, 1.54) is 18.5 Å². The Morgan fingerprint density at radius 3 is 2.76 bits per heavy atom. The van der Waals surface area contributed by atoms with Crippen LogP contribution in [0.3, 0.4) is 0 Å². The van der Waals surface area contributed by atoms with E-state index in [-0.39, 0.29) is 12.1 Å². The molecule has 13 heteroatoms. The molecule has 0 saturated heterocycles. The monoisotopic (exact) mass is 511 g/mol. The van der Waals surface area contributed by atoms with Crippen LogP contribution in [0.5, 0.6) is 0 Å². The Bertz CT molecular complexity index is 1650. The number of nitrogens with zero attached hydrogens (tertiary/aromatic N) is 7. The molecular weight excluding hydrogens is 490 g/mol. The number of H-pyrrole nitrogens is 1. The lowest BCUT2D eigenvalue weighted by atomic mass is 10.1. The summed E-state index contributed by atoms with van der Waals surface area (Å²) in [5.41, 5.74) is 3.56. The average Bonchev–Trinajstić information content (AvgIpc) is 3.63. The quantitative estimate of drug-likeness (QED) is 0.327. The number of hydrogen-bond acceptors (Lipinski definition) is 6. The van der Waals surface area contributed by atoms with Gasteiger partial charge in [0.05, 0.1) is 35.8 Å². The van der Waals surface area contributed by atoms with Crippen LogP contribution in [0.4, 0.5) is 23.4 Å². The van der Waals surface area contributed by atoms with Crippen molar-refractivity contribution in [2.24, 2.45) is 0 Å². The molecule has 1 aromatic carbocycles. The van der Waals surface area contributed by atoms with Crippen molar-refractivity contribution in [1.82, 2.24) is 39.0 Å². The molecule has 37 heavy (non-hydrogen) atoms. The van der Waals surface area contributed by atoms with Crippen LogP contribution >= 0.6 is 0 Å². The number of fused-ring (bicyclic) bond motifs is 2. The first-order valence-corrected chi connectivity index (χ1v) is 11.5. The minimum Gasteiger partial charge on any atom is -0.360 e. The van der Waals surface area contributed by atoms with Crippen LogP contribution in [-0.4, -0.2) is 59.2 Å². The lowest BCUT2D eigenvalue weighted by Gasteiger charge is -2.22. The van der Waals surface area contributed by atoms with Gasteiger partial charge in [-0.15, -0.1) is 0 Å². The zero-order chi connectivity index (χ0) is 25.7. The number of benzene rings is 1. The first-order valence-electron chi connectivity index (χ1n) is 11.5. The molecule has 0 bridgehead atoms. The van der Waals surface area contributed by atoms with E-state index in [2.05, 4.69) is 36.3 Å². The standard InChI is InChI=1S/C24H21F4N9/c1-35-6-4-13(5-7-35)17-12-36-18(14-8-31-37(11-14)24(27)28)9-30-23(36)22(33-17)29-10-19-32-16-3-2-15(25)20(26)21(16)34-19/h2-4,8-9,11-12,24H,5-7,10H2,1H3,(H,29,33)(H,32,34). The van der Waals surface area contributed by atoms with E-state index in [4.69, 9.17) is 4.98 Å². The Morgan fingerprint density at radius 2 is 2.00 bits per heavy atom. The third-order valence-electron chi connectivity index (χ3n) is 6.35. The highest BCUT2D eigenvalue weighted by atomic mass is 19.3. The van der Waals surface area contributed by atoms with Crippen molar-refractivity contribution in [2.75, 3.05) is 25.5 Å². The Labute approximate surface area is 207 Å². The van der Waals surface area contributed by atoms with Crippen molar-refractivity contribution in [2.45, 2.75) is 19.5 Å². The van der Waals surface area contributed by atoms with Crippen LogP contribution in [0, 0.1) is 11.6 Å². The predicted octanol–water partition coefficient (Wildman–Crippen LogP) is 4.47. The molecule has 0 atom stereocenters. The van der Waals surface area contributed by atoms with Gasteiger partial charge in [0, 0.05) is 31.0 Å². The Kier molecular flexibility index (Phi) is 5.63. The summed E-state index contributed by atoms with van der Waals surface area (Å²) < 4.78 is 56.3. The fourth-order valence-corrected chi connectivity index (χ4v) is 4.38. The van der Waals surface area contributed by atoms with Crippen molar-refractivity contribution in [3.05, 3.63) is 66.1 Å². The summed E-state index contributed by atoms with van der Waals surface area (Å²) in [4.78, 5) is 18.6. The van der Waals surface area contributed by atoms with E-state index >= 15 is 0 Å². The fourth-order valence-electron chi connectivity index (χ4n) is 4.38. The summed E-state index contributed by atoms with van der Waals surface area (Å²) in [6.45, 7) is -0.978. The third-order valence-corrected chi connectivity index (χ3v) is 6.35. The smallest absolute Gasteiger partial charge is 0.333 e. The number of anilines is 1. The van der Waals surface area contributed by atoms with Gasteiger partial charge in [0.25, 0.3) is 0 Å². The summed E-state index contributed by atoms with van der Waals surface area (Å²) in [6.07, 6.45) is 8.91. The summed E-state index contributed by atoms with van der Waals surface area (Å²) in [5.74, 6) is -1.18. The lowest BCUT2D eigenvalue weighted by Crippen LogP contribution is -2.24. The second kappa shape index (κ2) is 9.00. The highest BCUT2D eigenvalue weighted by Crippen LogP contribution is 2.29. The molecule has 2 N–H and O–H groups in total. The van der Waals surface area contributed by atoms with E-state index < -0.39 is 18.2 Å². The van der Waals surface area contributed by atoms with Gasteiger partial charge in [-0.1, -0.05) is 6.08 Å². The maximum Gasteiger partial charge on any atom is 0.333 e. The van der Waals surface area contributed by atoms with Gasteiger partial charge in [0.1, 0.15) is 11.3 Å². The van der Waals surface area contributed by atoms with Crippen molar-refractivity contribution in [3.8, 4) is 11.3 Å². The molecule has 0 radical (unpaired) electrons. The maximum atomic E-state index is 14.1. The molecule has 1 aliphatic heterocycles. The van der Waals surface area contributed by atoms with Crippen LogP contribution in [0.1, 0.15) is 24.5 Å². The summed E-state index contributed by atoms with van der Waals surface area (Å²) in [6, 6.07) is 2.47. The molecule has 0 fully saturated rings. The highest BCUT2D eigenvalue weighted by Gasteiger charge is 2.19. The lowest BCUT2D eigenvalue weighted by molar-refractivity contribution is 0.0566. The topological polar surface area (TPSA) is 92.0 Å². The Hall–Kier alpha value is -4.26. The van der Waals surface area contributed by atoms with Crippen LogP contribution in [0.25, 0.3) is 33.5 Å². The van der Waals surface area contributed by atoms with Crippen molar-refractivity contribution in [1.29, 1.82) is 0 Å². The van der Waals surface area contributed by atoms with Gasteiger partial charge in [-0.3, -0.25) is 4.40 Å². The van der Waals surface area contributed by atoms with Gasteiger partial charge in [0.2, 0.25) is 0 Å². The molecule has 5 heterocycles. The number of imidazole rings is 2. The van der Waals surface area contributed by atoms with Gasteiger partial charge in [0.15, 0.2) is 23.1 Å². The van der Waals surface area contributed by atoms with Gasteiger partial charge in [-0.2, -0.15) is 13.9 Å². The maximum absolute atomic E-state index is 14.1. The third kappa shape index (κ3) is 4.20. The normalized spacial score (nSPS) is 14.7. The summed E-state index contributed by atoms with van der Waals surface area (Å²) in [7, 11) is 2.04. The SMILES string of the molecule is CN1CC=C(c2cn3c(-c4cnn(C(F)F)c4)cnc3c(NCc3nc4c(F)c(F)ccc4[nH]3)n2)CC1. The average molecular weight is 511 g/mol. The highest BCUT2D eigenvalue weighted by molar-refractivity contribution is 5.76. The summed E-state index contributed by atoms with van der Waals surface area (Å²) in [5, 5.41) is 6.93. The molecule has 0 amide bonds. The summed E-state index contributed by atoms with van der Waals surface area (Å²) >= 11 is 0. The van der Waals surface area contributed by atoms with Crippen LogP contribution in [-0.2, 0) is 6.54 Å². The molecule has 0 saturated carbocycles. The van der Waals surface area contributed by atoms with E-state index in [1.807, 2.05) is 13.2 Å². The zero-order valence-corrected chi connectivity index (χ0v) is 19.6. The molecule has 0 aliphatic carbocycles. The largest absolute Gasteiger partial charge is 0.360 e. The molecule has 5 aromatic rings.